The third-order valence-electron chi connectivity index (χ3n) is 6.34. The molecule has 1 aliphatic carbocycles. The largest absolute Gasteiger partial charge is 0.507 e. The molecule has 2 atom stereocenters. The molecule has 1 aliphatic heterocycles. The zero-order chi connectivity index (χ0) is 18.3. The van der Waals surface area contributed by atoms with Crippen molar-refractivity contribution in [3.63, 3.8) is 0 Å². The van der Waals surface area contributed by atoms with Crippen LogP contribution < -0.4 is 0 Å². The van der Waals surface area contributed by atoms with Crippen LogP contribution in [0, 0.1) is 25.7 Å². The smallest absolute Gasteiger partial charge is 0.121 e. The van der Waals surface area contributed by atoms with E-state index < -0.39 is 5.60 Å². The van der Waals surface area contributed by atoms with Crippen LogP contribution in [0.1, 0.15) is 41.6 Å². The highest BCUT2D eigenvalue weighted by atomic mass is 16.3. The maximum absolute atomic E-state index is 11.6. The first kappa shape index (κ1) is 17.5. The molecule has 26 heavy (non-hydrogen) atoms. The molecule has 0 radical (unpaired) electrons. The summed E-state index contributed by atoms with van der Waals surface area (Å²) in [6.45, 7) is 6.56. The van der Waals surface area contributed by atoms with Crippen LogP contribution in [-0.2, 0) is 12.1 Å². The Labute approximate surface area is 155 Å². The molecule has 2 bridgehead atoms. The lowest BCUT2D eigenvalue weighted by atomic mass is 9.64. The van der Waals surface area contributed by atoms with Gasteiger partial charge in [-0.15, -0.1) is 0 Å². The van der Waals surface area contributed by atoms with E-state index in [1.54, 1.807) is 6.20 Å². The maximum Gasteiger partial charge on any atom is 0.121 e. The van der Waals surface area contributed by atoms with Crippen molar-refractivity contribution >= 4 is 0 Å². The monoisotopic (exact) mass is 352 g/mol. The van der Waals surface area contributed by atoms with Gasteiger partial charge in [-0.1, -0.05) is 24.6 Å². The van der Waals surface area contributed by atoms with E-state index in [1.807, 2.05) is 32.0 Å². The van der Waals surface area contributed by atoms with Crippen LogP contribution in [0.25, 0.3) is 0 Å². The molecule has 4 nitrogen and oxygen atoms in total. The van der Waals surface area contributed by atoms with E-state index in [9.17, 15) is 10.2 Å². The molecule has 2 aromatic rings. The van der Waals surface area contributed by atoms with Gasteiger partial charge in [0, 0.05) is 37.7 Å². The predicted molar refractivity (Wildman–Crippen MR) is 102 cm³/mol. The number of nitrogens with zero attached hydrogens (tertiary/aromatic N) is 2. The predicted octanol–water partition coefficient (Wildman–Crippen LogP) is 3.52. The van der Waals surface area contributed by atoms with Gasteiger partial charge in [0.05, 0.1) is 5.69 Å². The van der Waals surface area contributed by atoms with E-state index in [2.05, 4.69) is 22.0 Å². The van der Waals surface area contributed by atoms with Crippen LogP contribution in [0.5, 0.6) is 5.75 Å². The first-order valence-corrected chi connectivity index (χ1v) is 9.63. The number of rotatable bonds is 3. The first-order chi connectivity index (χ1) is 12.5. The van der Waals surface area contributed by atoms with E-state index in [-0.39, 0.29) is 11.8 Å². The summed E-state index contributed by atoms with van der Waals surface area (Å²) in [5.74, 6) is 0.849. The Morgan fingerprint density at radius 2 is 1.77 bits per heavy atom. The number of aromatic nitrogens is 1. The van der Waals surface area contributed by atoms with Crippen LogP contribution in [-0.4, -0.2) is 33.2 Å². The number of likely N-dealkylation sites (tertiary alicyclic amines) is 1. The van der Waals surface area contributed by atoms with E-state index in [0.29, 0.717) is 5.75 Å². The summed E-state index contributed by atoms with van der Waals surface area (Å²) in [5, 5.41) is 21.6. The summed E-state index contributed by atoms with van der Waals surface area (Å²) in [7, 11) is 0. The van der Waals surface area contributed by atoms with Crippen LogP contribution in [0.4, 0.5) is 0 Å². The number of fused-ring (bicyclic) bond motifs is 2. The highest BCUT2D eigenvalue weighted by Crippen LogP contribution is 2.48. The van der Waals surface area contributed by atoms with Gasteiger partial charge in [-0.3, -0.25) is 9.88 Å². The Bertz CT molecular complexity index is 753. The highest BCUT2D eigenvalue weighted by Gasteiger charge is 2.52. The van der Waals surface area contributed by atoms with Crippen molar-refractivity contribution in [3.8, 4) is 5.75 Å². The van der Waals surface area contributed by atoms with Gasteiger partial charge in [-0.2, -0.15) is 0 Å². The average molecular weight is 352 g/mol. The zero-order valence-electron chi connectivity index (χ0n) is 15.7. The summed E-state index contributed by atoms with van der Waals surface area (Å²) in [6.07, 6.45) is 5.08. The van der Waals surface area contributed by atoms with Crippen molar-refractivity contribution in [2.24, 2.45) is 11.8 Å². The molecule has 2 fully saturated rings. The molecule has 1 aromatic carbocycles. The molecule has 1 saturated carbocycles. The standard InChI is InChI=1S/C22H28N2O2/c1-15-10-17(11-16(2)21(15)25)12-24-13-18-6-5-7-19(14-24)22(18,26)20-8-3-4-9-23-20/h3-4,8-11,18-19,25-26H,5-7,12-14H2,1-2H3/t18-,19-/m0/s1. The Balaban J connectivity index is 1.57. The first-order valence-electron chi connectivity index (χ1n) is 9.63. The molecule has 0 unspecified atom stereocenters. The fourth-order valence-electron chi connectivity index (χ4n) is 5.08. The van der Waals surface area contributed by atoms with Crippen molar-refractivity contribution < 1.29 is 10.2 Å². The number of benzene rings is 1. The van der Waals surface area contributed by atoms with E-state index in [0.717, 1.165) is 49.3 Å². The Hall–Kier alpha value is -1.91. The lowest BCUT2D eigenvalue weighted by Crippen LogP contribution is -2.58. The molecule has 1 saturated heterocycles. The van der Waals surface area contributed by atoms with Gasteiger partial charge in [-0.25, -0.2) is 0 Å². The normalized spacial score (nSPS) is 28.9. The maximum atomic E-state index is 11.6. The SMILES string of the molecule is Cc1cc(CN2C[C@@H]3CCC[C@@H](C2)C3(O)c2ccccn2)cc(C)c1O. The number of piperidine rings is 1. The van der Waals surface area contributed by atoms with Crippen LogP contribution in [0.3, 0.4) is 0 Å². The Kier molecular flexibility index (Phi) is 4.49. The molecular weight excluding hydrogens is 324 g/mol. The van der Waals surface area contributed by atoms with E-state index in [4.69, 9.17) is 0 Å². The van der Waals surface area contributed by atoms with Crippen molar-refractivity contribution in [3.05, 3.63) is 58.9 Å². The highest BCUT2D eigenvalue weighted by molar-refractivity contribution is 5.42. The lowest BCUT2D eigenvalue weighted by Gasteiger charge is -2.52. The molecule has 2 aliphatic rings. The Morgan fingerprint density at radius 3 is 2.35 bits per heavy atom. The van der Waals surface area contributed by atoms with Gasteiger partial charge in [0.25, 0.3) is 0 Å². The molecule has 4 rings (SSSR count). The summed E-state index contributed by atoms with van der Waals surface area (Å²) in [4.78, 5) is 6.97. The molecule has 2 heterocycles. The summed E-state index contributed by atoms with van der Waals surface area (Å²) in [6, 6.07) is 10.0. The lowest BCUT2D eigenvalue weighted by molar-refractivity contribution is -0.151. The van der Waals surface area contributed by atoms with Gasteiger partial charge >= 0.3 is 0 Å². The third-order valence-corrected chi connectivity index (χ3v) is 6.34. The number of pyridine rings is 1. The summed E-state index contributed by atoms with van der Waals surface area (Å²) < 4.78 is 0. The second-order valence-corrected chi connectivity index (χ2v) is 8.14. The second-order valence-electron chi connectivity index (χ2n) is 8.14. The van der Waals surface area contributed by atoms with Crippen molar-refractivity contribution in [2.45, 2.75) is 45.3 Å². The molecule has 1 aromatic heterocycles. The van der Waals surface area contributed by atoms with Gasteiger partial charge in [0.1, 0.15) is 11.4 Å². The molecule has 4 heteroatoms. The zero-order valence-corrected chi connectivity index (χ0v) is 15.7. The molecule has 0 amide bonds. The fourth-order valence-corrected chi connectivity index (χ4v) is 5.08. The van der Waals surface area contributed by atoms with Gasteiger partial charge < -0.3 is 10.2 Å². The fraction of sp³-hybridized carbons (Fsp3) is 0.500. The summed E-state index contributed by atoms with van der Waals surface area (Å²) >= 11 is 0. The second kappa shape index (κ2) is 6.67. The van der Waals surface area contributed by atoms with Gasteiger partial charge in [-0.05, 0) is 55.5 Å². The summed E-state index contributed by atoms with van der Waals surface area (Å²) in [5.41, 5.74) is 3.14. The molecule has 2 N–H and O–H groups in total. The minimum Gasteiger partial charge on any atom is -0.507 e. The minimum atomic E-state index is -0.795. The Morgan fingerprint density at radius 1 is 1.12 bits per heavy atom. The van der Waals surface area contributed by atoms with E-state index >= 15 is 0 Å². The molecular formula is C22H28N2O2. The minimum absolute atomic E-state index is 0.226. The van der Waals surface area contributed by atoms with Crippen LogP contribution in [0.15, 0.2) is 36.5 Å². The topological polar surface area (TPSA) is 56.6 Å². The number of hydrogen-bond donors (Lipinski definition) is 2. The van der Waals surface area contributed by atoms with Gasteiger partial charge in [0.15, 0.2) is 0 Å². The number of phenols is 1. The number of phenolic OH excluding ortho intramolecular Hbond substituents is 1. The van der Waals surface area contributed by atoms with E-state index in [1.165, 1.54) is 12.0 Å². The number of aliphatic hydroxyl groups is 1. The van der Waals surface area contributed by atoms with Crippen molar-refractivity contribution in [2.75, 3.05) is 13.1 Å². The quantitative estimate of drug-likeness (QED) is 0.887. The van der Waals surface area contributed by atoms with Crippen molar-refractivity contribution in [1.29, 1.82) is 0 Å². The number of hydrogen-bond acceptors (Lipinski definition) is 4. The van der Waals surface area contributed by atoms with Crippen molar-refractivity contribution in [1.82, 2.24) is 9.88 Å². The average Bonchev–Trinajstić information content (AvgIpc) is 2.61. The van der Waals surface area contributed by atoms with Gasteiger partial charge in [0.2, 0.25) is 0 Å². The molecule has 0 spiro atoms. The van der Waals surface area contributed by atoms with Crippen LogP contribution >= 0.6 is 0 Å². The number of aromatic hydroxyl groups is 1. The molecule has 138 valence electrons. The number of aryl methyl sites for hydroxylation is 2. The van der Waals surface area contributed by atoms with Crippen LogP contribution in [0.2, 0.25) is 0 Å². The third kappa shape index (κ3) is 2.91.